The number of morpholine rings is 1. The molecule has 150 valence electrons. The smallest absolute Gasteiger partial charge is 0.226 e. The van der Waals surface area contributed by atoms with Crippen molar-refractivity contribution in [1.29, 1.82) is 0 Å². The highest BCUT2D eigenvalue weighted by atomic mass is 16.5. The van der Waals surface area contributed by atoms with Gasteiger partial charge in [0.25, 0.3) is 0 Å². The second-order valence-electron chi connectivity index (χ2n) is 6.97. The van der Waals surface area contributed by atoms with Crippen LogP contribution in [0.4, 0.5) is 5.95 Å². The van der Waals surface area contributed by atoms with Gasteiger partial charge in [-0.15, -0.1) is 0 Å². The zero-order chi connectivity index (χ0) is 20.2. The van der Waals surface area contributed by atoms with E-state index in [1.54, 1.807) is 14.2 Å². The van der Waals surface area contributed by atoms with Crippen LogP contribution in [0.5, 0.6) is 11.5 Å². The molecule has 6 nitrogen and oxygen atoms in total. The fraction of sp³-hybridized carbons (Fsp3) is 0.304. The zero-order valence-corrected chi connectivity index (χ0v) is 17.0. The molecule has 1 aromatic heterocycles. The number of nitrogens with zero attached hydrogens (tertiary/aromatic N) is 3. The van der Waals surface area contributed by atoms with E-state index < -0.39 is 0 Å². The number of hydrogen-bond acceptors (Lipinski definition) is 6. The lowest BCUT2D eigenvalue weighted by atomic mass is 10.1. The Morgan fingerprint density at radius 3 is 2.28 bits per heavy atom. The number of aromatic nitrogens is 2. The first-order valence-corrected chi connectivity index (χ1v) is 9.69. The van der Waals surface area contributed by atoms with Crippen molar-refractivity contribution in [1.82, 2.24) is 9.97 Å². The minimum absolute atomic E-state index is 0.680. The number of anilines is 1. The molecule has 0 amide bonds. The lowest BCUT2D eigenvalue weighted by Gasteiger charge is -2.27. The third-order valence-electron chi connectivity index (χ3n) is 5.04. The predicted molar refractivity (Wildman–Crippen MR) is 114 cm³/mol. The maximum Gasteiger partial charge on any atom is 0.226 e. The van der Waals surface area contributed by atoms with Gasteiger partial charge >= 0.3 is 0 Å². The van der Waals surface area contributed by atoms with E-state index in [2.05, 4.69) is 36.1 Å². The van der Waals surface area contributed by atoms with Gasteiger partial charge in [0.1, 0.15) is 11.5 Å². The molecule has 1 saturated heterocycles. The molecule has 0 saturated carbocycles. The standard InChI is InChI=1S/C23H25N3O3/c1-16-4-6-17(7-5-16)20-15-21(19-9-8-18(27-2)14-22(19)28-3)25-23(24-20)26-10-12-29-13-11-26/h4-9,14-15H,10-13H2,1-3H3. The van der Waals surface area contributed by atoms with Gasteiger partial charge in [-0.2, -0.15) is 0 Å². The topological polar surface area (TPSA) is 56.7 Å². The van der Waals surface area contributed by atoms with Crippen molar-refractivity contribution in [3.63, 3.8) is 0 Å². The molecule has 0 aliphatic carbocycles. The lowest BCUT2D eigenvalue weighted by molar-refractivity contribution is 0.122. The summed E-state index contributed by atoms with van der Waals surface area (Å²) in [5, 5.41) is 0. The van der Waals surface area contributed by atoms with Gasteiger partial charge in [-0.1, -0.05) is 29.8 Å². The molecule has 0 N–H and O–H groups in total. The molecule has 0 atom stereocenters. The summed E-state index contributed by atoms with van der Waals surface area (Å²) in [5.41, 5.74) is 4.87. The Bertz CT molecular complexity index is 983. The third-order valence-corrected chi connectivity index (χ3v) is 5.04. The summed E-state index contributed by atoms with van der Waals surface area (Å²) in [7, 11) is 3.30. The summed E-state index contributed by atoms with van der Waals surface area (Å²) in [6, 6.07) is 16.2. The average molecular weight is 391 g/mol. The summed E-state index contributed by atoms with van der Waals surface area (Å²) < 4.78 is 16.4. The van der Waals surface area contributed by atoms with Crippen LogP contribution in [0.25, 0.3) is 22.5 Å². The number of aryl methyl sites for hydroxylation is 1. The van der Waals surface area contributed by atoms with Crippen LogP contribution in [0.2, 0.25) is 0 Å². The molecule has 0 bridgehead atoms. The first kappa shape index (κ1) is 19.2. The summed E-state index contributed by atoms with van der Waals surface area (Å²) >= 11 is 0. The summed E-state index contributed by atoms with van der Waals surface area (Å²) in [6.07, 6.45) is 0. The molecular formula is C23H25N3O3. The van der Waals surface area contributed by atoms with E-state index in [1.165, 1.54) is 5.56 Å². The lowest BCUT2D eigenvalue weighted by Crippen LogP contribution is -2.37. The molecule has 1 aliphatic heterocycles. The Morgan fingerprint density at radius 2 is 1.59 bits per heavy atom. The number of benzene rings is 2. The van der Waals surface area contributed by atoms with Crippen molar-refractivity contribution < 1.29 is 14.2 Å². The number of ether oxygens (including phenoxy) is 3. The third kappa shape index (κ3) is 4.17. The zero-order valence-electron chi connectivity index (χ0n) is 17.0. The Hall–Kier alpha value is -3.12. The molecule has 1 fully saturated rings. The van der Waals surface area contributed by atoms with Gasteiger partial charge in [-0.25, -0.2) is 9.97 Å². The Balaban J connectivity index is 1.84. The molecule has 2 heterocycles. The second kappa shape index (κ2) is 8.49. The van der Waals surface area contributed by atoms with E-state index in [-0.39, 0.29) is 0 Å². The average Bonchev–Trinajstić information content (AvgIpc) is 2.79. The van der Waals surface area contributed by atoms with E-state index >= 15 is 0 Å². The number of hydrogen-bond donors (Lipinski definition) is 0. The molecule has 2 aromatic carbocycles. The van der Waals surface area contributed by atoms with Crippen LogP contribution in [-0.2, 0) is 4.74 Å². The highest BCUT2D eigenvalue weighted by Gasteiger charge is 2.18. The fourth-order valence-corrected chi connectivity index (χ4v) is 3.36. The quantitative estimate of drug-likeness (QED) is 0.656. The SMILES string of the molecule is COc1ccc(-c2cc(-c3ccc(C)cc3)nc(N3CCOCC3)n2)c(OC)c1. The van der Waals surface area contributed by atoms with E-state index in [4.69, 9.17) is 24.2 Å². The van der Waals surface area contributed by atoms with Gasteiger partial charge in [0.2, 0.25) is 5.95 Å². The van der Waals surface area contributed by atoms with Crippen LogP contribution in [-0.4, -0.2) is 50.5 Å². The maximum atomic E-state index is 5.61. The van der Waals surface area contributed by atoms with E-state index in [0.717, 1.165) is 41.4 Å². The molecule has 3 aromatic rings. The maximum absolute atomic E-state index is 5.61. The Kier molecular flexibility index (Phi) is 5.62. The minimum atomic E-state index is 0.680. The van der Waals surface area contributed by atoms with Gasteiger partial charge in [-0.3, -0.25) is 0 Å². The van der Waals surface area contributed by atoms with Crippen LogP contribution < -0.4 is 14.4 Å². The fourth-order valence-electron chi connectivity index (χ4n) is 3.36. The van der Waals surface area contributed by atoms with E-state index in [0.29, 0.717) is 24.9 Å². The van der Waals surface area contributed by atoms with Crippen LogP contribution in [0.1, 0.15) is 5.56 Å². The first-order valence-electron chi connectivity index (χ1n) is 9.69. The van der Waals surface area contributed by atoms with Crippen LogP contribution in [0.3, 0.4) is 0 Å². The van der Waals surface area contributed by atoms with Gasteiger partial charge < -0.3 is 19.1 Å². The normalized spacial score (nSPS) is 14.0. The van der Waals surface area contributed by atoms with Crippen molar-refractivity contribution in [2.75, 3.05) is 45.4 Å². The number of rotatable bonds is 5. The molecule has 1 aliphatic rings. The van der Waals surface area contributed by atoms with E-state index in [9.17, 15) is 0 Å². The highest BCUT2D eigenvalue weighted by molar-refractivity contribution is 5.74. The summed E-state index contributed by atoms with van der Waals surface area (Å²) in [5.74, 6) is 2.16. The van der Waals surface area contributed by atoms with Crippen molar-refractivity contribution in [3.05, 3.63) is 54.1 Å². The van der Waals surface area contributed by atoms with E-state index in [1.807, 2.05) is 24.3 Å². The molecule has 29 heavy (non-hydrogen) atoms. The first-order chi connectivity index (χ1) is 14.2. The van der Waals surface area contributed by atoms with Crippen molar-refractivity contribution >= 4 is 5.95 Å². The summed E-state index contributed by atoms with van der Waals surface area (Å²) in [4.78, 5) is 11.9. The molecule has 0 radical (unpaired) electrons. The minimum Gasteiger partial charge on any atom is -0.497 e. The number of methoxy groups -OCH3 is 2. The molecule has 0 spiro atoms. The Labute approximate surface area is 171 Å². The molecule has 0 unspecified atom stereocenters. The van der Waals surface area contributed by atoms with Crippen molar-refractivity contribution in [2.24, 2.45) is 0 Å². The van der Waals surface area contributed by atoms with Gasteiger partial charge in [0.05, 0.1) is 38.8 Å². The van der Waals surface area contributed by atoms with Gasteiger partial charge in [0.15, 0.2) is 0 Å². The monoisotopic (exact) mass is 391 g/mol. The molecule has 6 heteroatoms. The largest absolute Gasteiger partial charge is 0.497 e. The van der Waals surface area contributed by atoms with Crippen molar-refractivity contribution in [3.8, 4) is 34.0 Å². The van der Waals surface area contributed by atoms with Gasteiger partial charge in [0, 0.05) is 30.3 Å². The summed E-state index contributed by atoms with van der Waals surface area (Å²) in [6.45, 7) is 4.99. The molecule has 4 rings (SSSR count). The van der Waals surface area contributed by atoms with Crippen LogP contribution in [0.15, 0.2) is 48.5 Å². The van der Waals surface area contributed by atoms with Gasteiger partial charge in [-0.05, 0) is 25.1 Å². The van der Waals surface area contributed by atoms with Crippen molar-refractivity contribution in [2.45, 2.75) is 6.92 Å². The van der Waals surface area contributed by atoms with Crippen LogP contribution in [0, 0.1) is 6.92 Å². The predicted octanol–water partition coefficient (Wildman–Crippen LogP) is 3.97. The van der Waals surface area contributed by atoms with Crippen LogP contribution >= 0.6 is 0 Å². The molecular weight excluding hydrogens is 366 g/mol. The Morgan fingerprint density at radius 1 is 0.862 bits per heavy atom. The highest BCUT2D eigenvalue weighted by Crippen LogP contribution is 2.35. The second-order valence-corrected chi connectivity index (χ2v) is 6.97.